The summed E-state index contributed by atoms with van der Waals surface area (Å²) in [5.74, 6) is -1.15. The van der Waals surface area contributed by atoms with Gasteiger partial charge in [-0.15, -0.1) is 0 Å². The minimum atomic E-state index is -0.591. The van der Waals surface area contributed by atoms with E-state index < -0.39 is 11.7 Å². The van der Waals surface area contributed by atoms with Gasteiger partial charge in [0, 0.05) is 36.7 Å². The molecule has 0 spiro atoms. The van der Waals surface area contributed by atoms with Crippen molar-refractivity contribution in [1.29, 1.82) is 0 Å². The van der Waals surface area contributed by atoms with Crippen LogP contribution in [-0.2, 0) is 11.3 Å². The second kappa shape index (κ2) is 7.44. The zero-order valence-electron chi connectivity index (χ0n) is 15.3. The normalized spacial score (nSPS) is 10.8. The summed E-state index contributed by atoms with van der Waals surface area (Å²) >= 11 is 0. The predicted octanol–water partition coefficient (Wildman–Crippen LogP) is 3.24. The van der Waals surface area contributed by atoms with Crippen LogP contribution in [0.1, 0.15) is 16.2 Å². The van der Waals surface area contributed by atoms with Crippen molar-refractivity contribution >= 4 is 17.2 Å². The number of Topliss-reactive ketones (excluding diaryl/α,β-unsaturated/α-hetero) is 1. The third kappa shape index (κ3) is 3.27. The van der Waals surface area contributed by atoms with Crippen LogP contribution in [0.25, 0.3) is 16.6 Å². The third-order valence-corrected chi connectivity index (χ3v) is 4.54. The van der Waals surface area contributed by atoms with E-state index in [0.717, 1.165) is 16.6 Å². The van der Waals surface area contributed by atoms with Crippen LogP contribution in [0.4, 0.5) is 0 Å². The number of benzene rings is 1. The second-order valence-electron chi connectivity index (χ2n) is 6.46. The zero-order valence-corrected chi connectivity index (χ0v) is 15.3. The maximum Gasteiger partial charge on any atom is 0.296 e. The quantitative estimate of drug-likeness (QED) is 0.400. The molecule has 0 saturated heterocycles. The highest BCUT2D eigenvalue weighted by Crippen LogP contribution is 2.28. The largest absolute Gasteiger partial charge is 0.333 e. The summed E-state index contributed by atoms with van der Waals surface area (Å²) in [5, 5.41) is 0. The van der Waals surface area contributed by atoms with E-state index >= 15 is 0 Å². The number of hydrogen-bond donors (Lipinski definition) is 0. The van der Waals surface area contributed by atoms with Crippen LogP contribution < -0.4 is 0 Å². The number of carbonyl (C=O) groups excluding carboxylic acids is 2. The van der Waals surface area contributed by atoms with Crippen LogP contribution in [0.2, 0.25) is 0 Å². The molecule has 1 aromatic carbocycles. The van der Waals surface area contributed by atoms with Crippen LogP contribution in [0.5, 0.6) is 0 Å². The van der Waals surface area contributed by atoms with Crippen LogP contribution in [0.3, 0.4) is 0 Å². The van der Waals surface area contributed by atoms with Crippen molar-refractivity contribution in [3.8, 4) is 11.1 Å². The van der Waals surface area contributed by atoms with E-state index in [1.165, 1.54) is 4.90 Å². The van der Waals surface area contributed by atoms with Crippen molar-refractivity contribution in [1.82, 2.24) is 19.3 Å². The molecule has 138 valence electrons. The summed E-state index contributed by atoms with van der Waals surface area (Å²) < 4.78 is 1.76. The summed E-state index contributed by atoms with van der Waals surface area (Å²) in [4.78, 5) is 35.6. The highest BCUT2D eigenvalue weighted by atomic mass is 16.2. The highest BCUT2D eigenvalue weighted by molar-refractivity contribution is 6.43. The molecule has 0 bridgehead atoms. The molecule has 6 heteroatoms. The molecule has 0 aliphatic rings. The standard InChI is InChI=1S/C22H18N4O2/c1-25(15-17-14-23-10-11-24-17)22(28)21(27)20-19(16-7-3-2-4-8-16)13-18-9-5-6-12-26(18)20/h2-14H,15H2,1H3. The number of aromatic nitrogens is 3. The first kappa shape index (κ1) is 17.6. The first-order valence-corrected chi connectivity index (χ1v) is 8.85. The number of rotatable bonds is 5. The molecule has 4 aromatic rings. The number of amides is 1. The topological polar surface area (TPSA) is 67.6 Å². The fourth-order valence-corrected chi connectivity index (χ4v) is 3.19. The maximum atomic E-state index is 13.2. The van der Waals surface area contributed by atoms with E-state index in [9.17, 15) is 9.59 Å². The third-order valence-electron chi connectivity index (χ3n) is 4.54. The van der Waals surface area contributed by atoms with Gasteiger partial charge in [0.05, 0.1) is 18.4 Å². The zero-order chi connectivity index (χ0) is 19.5. The molecule has 0 aliphatic heterocycles. The minimum Gasteiger partial charge on any atom is -0.333 e. The predicted molar refractivity (Wildman–Crippen MR) is 106 cm³/mol. The molecule has 3 aromatic heterocycles. The number of ketones is 1. The molecule has 1 amide bonds. The second-order valence-corrected chi connectivity index (χ2v) is 6.46. The highest BCUT2D eigenvalue weighted by Gasteiger charge is 2.27. The summed E-state index contributed by atoms with van der Waals surface area (Å²) in [6.45, 7) is 0.211. The average molecular weight is 370 g/mol. The minimum absolute atomic E-state index is 0.211. The van der Waals surface area contributed by atoms with Gasteiger partial charge >= 0.3 is 0 Å². The Bertz CT molecular complexity index is 1140. The Balaban J connectivity index is 1.73. The number of nitrogens with zero attached hydrogens (tertiary/aromatic N) is 4. The van der Waals surface area contributed by atoms with Gasteiger partial charge in [-0.05, 0) is 23.8 Å². The molecule has 0 fully saturated rings. The van der Waals surface area contributed by atoms with Crippen LogP contribution >= 0.6 is 0 Å². The number of likely N-dealkylation sites (N-methyl/N-ethyl adjacent to an activating group) is 1. The summed E-state index contributed by atoms with van der Waals surface area (Å²) in [5.41, 5.74) is 3.46. The molecule has 4 rings (SSSR count). The van der Waals surface area contributed by atoms with Gasteiger partial charge in [-0.25, -0.2) is 0 Å². The van der Waals surface area contributed by atoms with E-state index in [2.05, 4.69) is 9.97 Å². The van der Waals surface area contributed by atoms with Crippen molar-refractivity contribution in [2.24, 2.45) is 0 Å². The summed E-state index contributed by atoms with van der Waals surface area (Å²) in [7, 11) is 1.59. The Morgan fingerprint density at radius 3 is 2.57 bits per heavy atom. The van der Waals surface area contributed by atoms with E-state index in [1.54, 1.807) is 36.2 Å². The molecule has 0 unspecified atom stereocenters. The summed E-state index contributed by atoms with van der Waals surface area (Å²) in [6.07, 6.45) is 6.50. The SMILES string of the molecule is CN(Cc1cnccn1)C(=O)C(=O)c1c(-c2ccccc2)cc2ccccn12. The molecular weight excluding hydrogens is 352 g/mol. The Kier molecular flexibility index (Phi) is 4.68. The van der Waals surface area contributed by atoms with Crippen molar-refractivity contribution in [2.75, 3.05) is 7.05 Å². The van der Waals surface area contributed by atoms with Gasteiger partial charge in [0.25, 0.3) is 11.7 Å². The van der Waals surface area contributed by atoms with Gasteiger partial charge in [-0.1, -0.05) is 36.4 Å². The Hall–Kier alpha value is -3.80. The molecule has 28 heavy (non-hydrogen) atoms. The van der Waals surface area contributed by atoms with Crippen molar-refractivity contribution in [3.05, 3.63) is 90.8 Å². The molecule has 3 heterocycles. The average Bonchev–Trinajstić information content (AvgIpc) is 3.13. The van der Waals surface area contributed by atoms with Crippen LogP contribution in [0.15, 0.2) is 79.4 Å². The molecular formula is C22H18N4O2. The van der Waals surface area contributed by atoms with E-state index in [0.29, 0.717) is 11.4 Å². The lowest BCUT2D eigenvalue weighted by molar-refractivity contribution is -0.125. The van der Waals surface area contributed by atoms with Crippen LogP contribution in [-0.4, -0.2) is 38.0 Å². The summed E-state index contributed by atoms with van der Waals surface area (Å²) in [6, 6.07) is 17.2. The fourth-order valence-electron chi connectivity index (χ4n) is 3.19. The lowest BCUT2D eigenvalue weighted by Gasteiger charge is -2.16. The first-order chi connectivity index (χ1) is 13.6. The van der Waals surface area contributed by atoms with Crippen molar-refractivity contribution < 1.29 is 9.59 Å². The van der Waals surface area contributed by atoms with Gasteiger partial charge in [-0.2, -0.15) is 0 Å². The number of hydrogen-bond acceptors (Lipinski definition) is 4. The first-order valence-electron chi connectivity index (χ1n) is 8.85. The van der Waals surface area contributed by atoms with Gasteiger partial charge < -0.3 is 9.30 Å². The van der Waals surface area contributed by atoms with Crippen LogP contribution in [0, 0.1) is 0 Å². The van der Waals surface area contributed by atoms with Crippen molar-refractivity contribution in [3.63, 3.8) is 0 Å². The van der Waals surface area contributed by atoms with Gasteiger partial charge in [-0.3, -0.25) is 19.6 Å². The number of fused-ring (bicyclic) bond motifs is 1. The smallest absolute Gasteiger partial charge is 0.296 e. The number of pyridine rings is 1. The fraction of sp³-hybridized carbons (Fsp3) is 0.0909. The molecule has 6 nitrogen and oxygen atoms in total. The van der Waals surface area contributed by atoms with E-state index in [4.69, 9.17) is 0 Å². The molecule has 0 N–H and O–H groups in total. The van der Waals surface area contributed by atoms with E-state index in [1.807, 2.05) is 54.6 Å². The number of carbonyl (C=O) groups is 2. The maximum absolute atomic E-state index is 13.2. The molecule has 0 saturated carbocycles. The van der Waals surface area contributed by atoms with E-state index in [-0.39, 0.29) is 6.54 Å². The Morgan fingerprint density at radius 1 is 1.04 bits per heavy atom. The lowest BCUT2D eigenvalue weighted by atomic mass is 10.0. The van der Waals surface area contributed by atoms with Gasteiger partial charge in [0.15, 0.2) is 0 Å². The monoisotopic (exact) mass is 370 g/mol. The Labute approximate surface area is 162 Å². The van der Waals surface area contributed by atoms with Gasteiger partial charge in [0.2, 0.25) is 0 Å². The van der Waals surface area contributed by atoms with Gasteiger partial charge in [0.1, 0.15) is 5.69 Å². The molecule has 0 radical (unpaired) electrons. The lowest BCUT2D eigenvalue weighted by Crippen LogP contribution is -2.34. The Morgan fingerprint density at radius 2 is 1.82 bits per heavy atom. The van der Waals surface area contributed by atoms with Crippen molar-refractivity contribution in [2.45, 2.75) is 6.54 Å². The molecule has 0 atom stereocenters. The molecule has 0 aliphatic carbocycles.